The van der Waals surface area contributed by atoms with E-state index in [0.29, 0.717) is 6.79 Å². The lowest BCUT2D eigenvalue weighted by molar-refractivity contribution is 0.145. The highest BCUT2D eigenvalue weighted by Crippen LogP contribution is 2.32. The lowest BCUT2D eigenvalue weighted by Gasteiger charge is -2.12. The molecule has 23 heavy (non-hydrogen) atoms. The predicted molar refractivity (Wildman–Crippen MR) is 102 cm³/mol. The fraction of sp³-hybridized carbons (Fsp3) is 0.562. The van der Waals surface area contributed by atoms with Crippen LogP contribution in [0.1, 0.15) is 18.9 Å². The van der Waals surface area contributed by atoms with Gasteiger partial charge in [-0.2, -0.15) is 0 Å². The highest BCUT2D eigenvalue weighted by Gasteiger charge is 2.12. The van der Waals surface area contributed by atoms with Crippen molar-refractivity contribution in [1.82, 2.24) is 10.6 Å². The zero-order valence-electron chi connectivity index (χ0n) is 13.8. The second-order valence-electron chi connectivity index (χ2n) is 4.91. The van der Waals surface area contributed by atoms with Crippen molar-refractivity contribution in [3.63, 3.8) is 0 Å². The molecular weight excluding hydrogens is 409 g/mol. The van der Waals surface area contributed by atoms with Crippen LogP contribution < -0.4 is 20.1 Å². The normalized spacial score (nSPS) is 12.7. The summed E-state index contributed by atoms with van der Waals surface area (Å²) in [6, 6.07) is 6.05. The maximum Gasteiger partial charge on any atom is 0.231 e. The molecule has 7 heteroatoms. The van der Waals surface area contributed by atoms with Crippen molar-refractivity contribution in [2.75, 3.05) is 40.1 Å². The standard InChI is InChI=1S/C16H25N3O3.HI/c1-3-20-10-4-8-18-16(17-2)19-9-7-13-5-6-14-15(11-13)22-12-21-14;/h5-6,11H,3-4,7-10,12H2,1-2H3,(H2,17,18,19);1H. The van der Waals surface area contributed by atoms with E-state index in [2.05, 4.69) is 21.7 Å². The van der Waals surface area contributed by atoms with Crippen molar-refractivity contribution in [1.29, 1.82) is 0 Å². The van der Waals surface area contributed by atoms with Crippen LogP contribution in [-0.2, 0) is 11.2 Å². The molecule has 0 aromatic heterocycles. The number of ether oxygens (including phenoxy) is 3. The maximum absolute atomic E-state index is 5.38. The van der Waals surface area contributed by atoms with Crippen LogP contribution in [0.5, 0.6) is 11.5 Å². The van der Waals surface area contributed by atoms with Crippen LogP contribution in [0, 0.1) is 0 Å². The van der Waals surface area contributed by atoms with E-state index in [1.54, 1.807) is 7.05 Å². The minimum absolute atomic E-state index is 0. The Labute approximate surface area is 155 Å². The first kappa shape index (κ1) is 19.8. The van der Waals surface area contributed by atoms with Crippen LogP contribution in [0.2, 0.25) is 0 Å². The number of halogens is 1. The molecule has 0 fully saturated rings. The number of rotatable bonds is 8. The first-order valence-electron chi connectivity index (χ1n) is 7.74. The van der Waals surface area contributed by atoms with E-state index in [1.807, 2.05) is 19.1 Å². The van der Waals surface area contributed by atoms with Crippen LogP contribution in [0.4, 0.5) is 0 Å². The Bertz CT molecular complexity index is 497. The SMILES string of the molecule is CCOCCCNC(=NC)NCCc1ccc2c(c1)OCO2.I. The summed E-state index contributed by atoms with van der Waals surface area (Å²) in [4.78, 5) is 4.20. The summed E-state index contributed by atoms with van der Waals surface area (Å²) in [6.07, 6.45) is 1.87. The van der Waals surface area contributed by atoms with Crippen LogP contribution >= 0.6 is 24.0 Å². The summed E-state index contributed by atoms with van der Waals surface area (Å²) in [5.41, 5.74) is 1.21. The minimum atomic E-state index is 0. The van der Waals surface area contributed by atoms with Gasteiger partial charge in [-0.25, -0.2) is 0 Å². The highest BCUT2D eigenvalue weighted by atomic mass is 127. The lowest BCUT2D eigenvalue weighted by atomic mass is 10.1. The van der Waals surface area contributed by atoms with Crippen molar-refractivity contribution in [2.45, 2.75) is 19.8 Å². The summed E-state index contributed by atoms with van der Waals surface area (Å²) < 4.78 is 16.0. The molecule has 0 amide bonds. The third-order valence-corrected chi connectivity index (χ3v) is 3.33. The molecule has 0 saturated carbocycles. The lowest BCUT2D eigenvalue weighted by Crippen LogP contribution is -2.39. The quantitative estimate of drug-likeness (QED) is 0.284. The van der Waals surface area contributed by atoms with Gasteiger partial charge in [-0.1, -0.05) is 6.07 Å². The zero-order valence-corrected chi connectivity index (χ0v) is 16.1. The molecule has 0 saturated heterocycles. The Morgan fingerprint density at radius 1 is 1.22 bits per heavy atom. The number of nitrogens with zero attached hydrogens (tertiary/aromatic N) is 1. The van der Waals surface area contributed by atoms with Crippen molar-refractivity contribution >= 4 is 29.9 Å². The molecule has 0 unspecified atom stereocenters. The third kappa shape index (κ3) is 6.82. The Morgan fingerprint density at radius 2 is 2.00 bits per heavy atom. The maximum atomic E-state index is 5.38. The van der Waals surface area contributed by atoms with Gasteiger partial charge in [0.05, 0.1) is 0 Å². The monoisotopic (exact) mass is 435 g/mol. The molecule has 1 heterocycles. The molecule has 1 aliphatic rings. The Morgan fingerprint density at radius 3 is 2.78 bits per heavy atom. The van der Waals surface area contributed by atoms with Gasteiger partial charge in [0, 0.05) is 33.4 Å². The second-order valence-corrected chi connectivity index (χ2v) is 4.91. The molecule has 130 valence electrons. The van der Waals surface area contributed by atoms with Gasteiger partial charge in [-0.15, -0.1) is 24.0 Å². The highest BCUT2D eigenvalue weighted by molar-refractivity contribution is 14.0. The second kappa shape index (κ2) is 11.3. The molecule has 1 aliphatic heterocycles. The Hall–Kier alpha value is -1.22. The minimum Gasteiger partial charge on any atom is -0.454 e. The molecule has 1 aromatic rings. The number of benzene rings is 1. The molecule has 0 spiro atoms. The van der Waals surface area contributed by atoms with Gasteiger partial charge in [0.15, 0.2) is 17.5 Å². The molecular formula is C16H26IN3O3. The number of nitrogens with one attached hydrogen (secondary N) is 2. The van der Waals surface area contributed by atoms with Gasteiger partial charge in [-0.3, -0.25) is 4.99 Å². The van der Waals surface area contributed by atoms with Gasteiger partial charge in [0.25, 0.3) is 0 Å². The van der Waals surface area contributed by atoms with E-state index in [0.717, 1.165) is 56.6 Å². The number of fused-ring (bicyclic) bond motifs is 1. The number of hydrogen-bond donors (Lipinski definition) is 2. The number of hydrogen-bond acceptors (Lipinski definition) is 4. The fourth-order valence-electron chi connectivity index (χ4n) is 2.17. The van der Waals surface area contributed by atoms with Gasteiger partial charge >= 0.3 is 0 Å². The van der Waals surface area contributed by atoms with Gasteiger partial charge < -0.3 is 24.8 Å². The molecule has 0 aliphatic carbocycles. The van der Waals surface area contributed by atoms with Crippen molar-refractivity contribution in [3.05, 3.63) is 23.8 Å². The van der Waals surface area contributed by atoms with Gasteiger partial charge in [0.2, 0.25) is 6.79 Å². The van der Waals surface area contributed by atoms with E-state index in [1.165, 1.54) is 5.56 Å². The van der Waals surface area contributed by atoms with Crippen LogP contribution in [0.25, 0.3) is 0 Å². The number of aliphatic imine (C=N–C) groups is 1. The Kier molecular flexibility index (Phi) is 9.77. The zero-order chi connectivity index (χ0) is 15.6. The van der Waals surface area contributed by atoms with Gasteiger partial charge in [-0.05, 0) is 37.5 Å². The number of guanidine groups is 1. The first-order chi connectivity index (χ1) is 10.8. The Balaban J connectivity index is 0.00000264. The van der Waals surface area contributed by atoms with Gasteiger partial charge in [0.1, 0.15) is 0 Å². The summed E-state index contributed by atoms with van der Waals surface area (Å²) in [7, 11) is 1.78. The molecule has 0 atom stereocenters. The van der Waals surface area contributed by atoms with Crippen LogP contribution in [0.15, 0.2) is 23.2 Å². The van der Waals surface area contributed by atoms with E-state index in [-0.39, 0.29) is 24.0 Å². The smallest absolute Gasteiger partial charge is 0.231 e. The first-order valence-corrected chi connectivity index (χ1v) is 7.74. The summed E-state index contributed by atoms with van der Waals surface area (Å²) in [5, 5.41) is 6.57. The molecule has 2 rings (SSSR count). The van der Waals surface area contributed by atoms with Crippen LogP contribution in [-0.4, -0.2) is 46.1 Å². The van der Waals surface area contributed by atoms with Crippen molar-refractivity contribution in [3.8, 4) is 11.5 Å². The largest absolute Gasteiger partial charge is 0.454 e. The average molecular weight is 435 g/mol. The fourth-order valence-corrected chi connectivity index (χ4v) is 2.17. The van der Waals surface area contributed by atoms with E-state index in [9.17, 15) is 0 Å². The summed E-state index contributed by atoms with van der Waals surface area (Å²) >= 11 is 0. The van der Waals surface area contributed by atoms with Crippen LogP contribution in [0.3, 0.4) is 0 Å². The van der Waals surface area contributed by atoms with E-state index < -0.39 is 0 Å². The summed E-state index contributed by atoms with van der Waals surface area (Å²) in [5.74, 6) is 2.47. The predicted octanol–water partition coefficient (Wildman–Crippen LogP) is 2.17. The molecule has 6 nitrogen and oxygen atoms in total. The molecule has 1 aromatic carbocycles. The summed E-state index contributed by atoms with van der Waals surface area (Å²) in [6.45, 7) is 5.52. The van der Waals surface area contributed by atoms with E-state index >= 15 is 0 Å². The molecule has 2 N–H and O–H groups in total. The van der Waals surface area contributed by atoms with Crippen molar-refractivity contribution in [2.24, 2.45) is 4.99 Å². The third-order valence-electron chi connectivity index (χ3n) is 3.33. The topological polar surface area (TPSA) is 64.1 Å². The average Bonchev–Trinajstić information content (AvgIpc) is 3.00. The van der Waals surface area contributed by atoms with Crippen molar-refractivity contribution < 1.29 is 14.2 Å². The molecule has 0 radical (unpaired) electrons. The van der Waals surface area contributed by atoms with E-state index in [4.69, 9.17) is 14.2 Å². The molecule has 0 bridgehead atoms.